The van der Waals surface area contributed by atoms with Crippen molar-refractivity contribution in [2.75, 3.05) is 0 Å². The minimum Gasteiger partial charge on any atom is -0.313 e. The van der Waals surface area contributed by atoms with E-state index in [4.69, 9.17) is 5.41 Å². The smallest absolute Gasteiger partial charge is 0.00477 e. The third kappa shape index (κ3) is 39.7. The van der Waals surface area contributed by atoms with Crippen LogP contribution in [0.2, 0.25) is 0 Å². The van der Waals surface area contributed by atoms with Gasteiger partial charge in [0.15, 0.2) is 0 Å². The molecule has 0 aromatic rings. The summed E-state index contributed by atoms with van der Waals surface area (Å²) in [6.45, 7) is 2.31. The molecule has 0 unspecified atom stereocenters. The van der Waals surface area contributed by atoms with E-state index in [1.54, 1.807) is 6.21 Å². The Morgan fingerprint density at radius 3 is 0.537 bits per heavy atom. The molecule has 0 heterocycles. The molecule has 0 aliphatic carbocycles. The number of unbranched alkanes of at least 4 members (excludes halogenated alkanes) is 37. The number of nitrogens with one attached hydrogen (secondary N) is 1. The van der Waals surface area contributed by atoms with E-state index in [-0.39, 0.29) is 0 Å². The molecule has 0 saturated carbocycles. The van der Waals surface area contributed by atoms with Crippen molar-refractivity contribution in [3.63, 3.8) is 0 Å². The molecule has 246 valence electrons. The van der Waals surface area contributed by atoms with Crippen LogP contribution in [0.5, 0.6) is 0 Å². The maximum Gasteiger partial charge on any atom is -0.00477 e. The predicted octanol–water partition coefficient (Wildman–Crippen LogP) is 15.5. The molecular formula is C40H81N. The summed E-state index contributed by atoms with van der Waals surface area (Å²) in [6.07, 6.45) is 56.6. The van der Waals surface area contributed by atoms with Crippen molar-refractivity contribution < 1.29 is 0 Å². The van der Waals surface area contributed by atoms with E-state index in [0.29, 0.717) is 0 Å². The van der Waals surface area contributed by atoms with Crippen LogP contribution in [0.25, 0.3) is 0 Å². The average molecular weight is 576 g/mol. The second-order valence-electron chi connectivity index (χ2n) is 13.7. The lowest BCUT2D eigenvalue weighted by Gasteiger charge is -2.05. The number of rotatable bonds is 38. The van der Waals surface area contributed by atoms with Crippen molar-refractivity contribution in [2.24, 2.45) is 0 Å². The summed E-state index contributed by atoms with van der Waals surface area (Å²) in [5.74, 6) is 0. The van der Waals surface area contributed by atoms with Crippen LogP contribution in [0.3, 0.4) is 0 Å². The normalized spacial score (nSPS) is 11.4. The zero-order chi connectivity index (χ0) is 29.6. The van der Waals surface area contributed by atoms with Gasteiger partial charge in [0.25, 0.3) is 0 Å². The van der Waals surface area contributed by atoms with Crippen molar-refractivity contribution in [2.45, 2.75) is 251 Å². The summed E-state index contributed by atoms with van der Waals surface area (Å²) in [4.78, 5) is 0. The van der Waals surface area contributed by atoms with Crippen molar-refractivity contribution in [1.29, 1.82) is 5.41 Å². The fourth-order valence-corrected chi connectivity index (χ4v) is 6.51. The van der Waals surface area contributed by atoms with Crippen LogP contribution in [-0.2, 0) is 0 Å². The second-order valence-corrected chi connectivity index (χ2v) is 13.7. The van der Waals surface area contributed by atoms with Gasteiger partial charge in [-0.2, -0.15) is 0 Å². The molecule has 0 aliphatic rings. The van der Waals surface area contributed by atoms with Gasteiger partial charge in [0, 0.05) is 0 Å². The lowest BCUT2D eigenvalue weighted by Crippen LogP contribution is -1.85. The summed E-state index contributed by atoms with van der Waals surface area (Å²) >= 11 is 0. The Hall–Kier alpha value is -0.330. The topological polar surface area (TPSA) is 23.9 Å². The van der Waals surface area contributed by atoms with Gasteiger partial charge < -0.3 is 5.41 Å². The maximum atomic E-state index is 7.05. The van der Waals surface area contributed by atoms with Gasteiger partial charge in [-0.1, -0.05) is 238 Å². The SMILES string of the molecule is CCCCCCCCCCCCCCCCCCCCCCCCCCCCCCCCCCCCCCCC=N. The summed E-state index contributed by atoms with van der Waals surface area (Å²) in [6, 6.07) is 0. The summed E-state index contributed by atoms with van der Waals surface area (Å²) in [5, 5.41) is 7.05. The fraction of sp³-hybridized carbons (Fsp3) is 0.975. The van der Waals surface area contributed by atoms with Crippen LogP contribution in [0.15, 0.2) is 0 Å². The quantitative estimate of drug-likeness (QED) is 0.0559. The molecule has 0 amide bonds. The molecule has 0 bridgehead atoms. The Morgan fingerprint density at radius 1 is 0.244 bits per heavy atom. The molecule has 0 aromatic heterocycles. The van der Waals surface area contributed by atoms with Crippen LogP contribution < -0.4 is 0 Å². The minimum absolute atomic E-state index is 0.986. The number of hydrogen-bond acceptors (Lipinski definition) is 1. The summed E-state index contributed by atoms with van der Waals surface area (Å²) in [5.41, 5.74) is 0. The largest absolute Gasteiger partial charge is 0.313 e. The van der Waals surface area contributed by atoms with Gasteiger partial charge in [-0.3, -0.25) is 0 Å². The molecular weight excluding hydrogens is 494 g/mol. The van der Waals surface area contributed by atoms with Gasteiger partial charge in [-0.25, -0.2) is 0 Å². The van der Waals surface area contributed by atoms with Gasteiger partial charge >= 0.3 is 0 Å². The van der Waals surface area contributed by atoms with Crippen molar-refractivity contribution in [1.82, 2.24) is 0 Å². The van der Waals surface area contributed by atoms with E-state index >= 15 is 0 Å². The molecule has 0 spiro atoms. The van der Waals surface area contributed by atoms with E-state index in [1.807, 2.05) is 0 Å². The highest BCUT2D eigenvalue weighted by Crippen LogP contribution is 2.17. The number of hydrogen-bond donors (Lipinski definition) is 1. The highest BCUT2D eigenvalue weighted by molar-refractivity contribution is 5.52. The van der Waals surface area contributed by atoms with Crippen LogP contribution >= 0.6 is 0 Å². The lowest BCUT2D eigenvalue weighted by molar-refractivity contribution is 0.510. The maximum absolute atomic E-state index is 7.05. The van der Waals surface area contributed by atoms with Crippen LogP contribution in [0, 0.1) is 5.41 Å². The Labute approximate surface area is 262 Å². The van der Waals surface area contributed by atoms with E-state index in [2.05, 4.69) is 6.92 Å². The first-order chi connectivity index (χ1) is 20.4. The molecule has 0 aliphatic heterocycles. The van der Waals surface area contributed by atoms with Crippen LogP contribution in [0.4, 0.5) is 0 Å². The third-order valence-corrected chi connectivity index (χ3v) is 9.45. The monoisotopic (exact) mass is 576 g/mol. The molecule has 0 aromatic carbocycles. The summed E-state index contributed by atoms with van der Waals surface area (Å²) < 4.78 is 0. The Balaban J connectivity index is 3.02. The molecule has 1 heteroatoms. The van der Waals surface area contributed by atoms with E-state index in [9.17, 15) is 0 Å². The fourth-order valence-electron chi connectivity index (χ4n) is 6.51. The molecule has 41 heavy (non-hydrogen) atoms. The predicted molar refractivity (Wildman–Crippen MR) is 190 cm³/mol. The zero-order valence-electron chi connectivity index (χ0n) is 28.9. The highest BCUT2D eigenvalue weighted by Gasteiger charge is 1.97. The second kappa shape index (κ2) is 39.7. The van der Waals surface area contributed by atoms with Gasteiger partial charge in [0.1, 0.15) is 0 Å². The molecule has 1 nitrogen and oxygen atoms in total. The molecule has 0 saturated heterocycles. The first-order valence-electron chi connectivity index (χ1n) is 19.9. The van der Waals surface area contributed by atoms with Crippen molar-refractivity contribution in [3.05, 3.63) is 0 Å². The van der Waals surface area contributed by atoms with Gasteiger partial charge in [0.2, 0.25) is 0 Å². The standard InChI is InChI=1S/C40H81N/c1-2-3-4-5-6-7-8-9-10-11-12-13-14-15-16-17-18-19-20-21-22-23-24-25-26-27-28-29-30-31-32-33-34-35-36-37-38-39-40-41/h40-41H,2-39H2,1H3. The molecule has 1 N–H and O–H groups in total. The lowest BCUT2D eigenvalue weighted by atomic mass is 10.0. The van der Waals surface area contributed by atoms with Crippen LogP contribution in [-0.4, -0.2) is 6.21 Å². The highest BCUT2D eigenvalue weighted by atomic mass is 14.3. The van der Waals surface area contributed by atoms with Crippen LogP contribution in [0.1, 0.15) is 251 Å². The van der Waals surface area contributed by atoms with Gasteiger partial charge in [-0.05, 0) is 19.1 Å². The van der Waals surface area contributed by atoms with Gasteiger partial charge in [0.05, 0.1) is 0 Å². The first kappa shape index (κ1) is 40.7. The zero-order valence-corrected chi connectivity index (χ0v) is 28.9. The third-order valence-electron chi connectivity index (χ3n) is 9.45. The average Bonchev–Trinajstić information content (AvgIpc) is 2.98. The van der Waals surface area contributed by atoms with Crippen molar-refractivity contribution >= 4 is 6.21 Å². The van der Waals surface area contributed by atoms with Gasteiger partial charge in [-0.15, -0.1) is 0 Å². The summed E-state index contributed by atoms with van der Waals surface area (Å²) in [7, 11) is 0. The molecule has 0 atom stereocenters. The Kier molecular flexibility index (Phi) is 39.4. The van der Waals surface area contributed by atoms with E-state index in [0.717, 1.165) is 6.42 Å². The molecule has 0 rings (SSSR count). The van der Waals surface area contributed by atoms with E-state index in [1.165, 1.54) is 238 Å². The van der Waals surface area contributed by atoms with Crippen molar-refractivity contribution in [3.8, 4) is 0 Å². The minimum atomic E-state index is 0.986. The van der Waals surface area contributed by atoms with E-state index < -0.39 is 0 Å². The first-order valence-corrected chi connectivity index (χ1v) is 19.9. The molecule has 0 radical (unpaired) electrons. The Morgan fingerprint density at radius 2 is 0.390 bits per heavy atom. The Bertz CT molecular complexity index is 444. The molecule has 0 fully saturated rings.